The molecule has 2 atom stereocenters. The van der Waals surface area contributed by atoms with Crippen molar-refractivity contribution < 1.29 is 9.53 Å². The molecular weight excluding hydrogens is 657 g/mol. The number of ether oxygens (including phenoxy) is 1. The van der Waals surface area contributed by atoms with Gasteiger partial charge in [0.1, 0.15) is 0 Å². The van der Waals surface area contributed by atoms with Gasteiger partial charge in [-0.1, -0.05) is 285 Å². The maximum Gasteiger partial charge on any atom is 0.308 e. The van der Waals surface area contributed by atoms with Crippen LogP contribution in [0.3, 0.4) is 0 Å². The van der Waals surface area contributed by atoms with Crippen LogP contribution >= 0.6 is 0 Å². The van der Waals surface area contributed by atoms with Gasteiger partial charge in [-0.2, -0.15) is 0 Å². The molecule has 0 spiro atoms. The van der Waals surface area contributed by atoms with Crippen LogP contribution in [0.25, 0.3) is 0 Å². The molecule has 54 heavy (non-hydrogen) atoms. The summed E-state index contributed by atoms with van der Waals surface area (Å²) in [7, 11) is 0. The first-order valence-electron chi connectivity index (χ1n) is 25.9. The second kappa shape index (κ2) is 46.8. The Morgan fingerprint density at radius 2 is 0.500 bits per heavy atom. The molecule has 0 heterocycles. The van der Waals surface area contributed by atoms with E-state index in [1.54, 1.807) is 0 Å². The van der Waals surface area contributed by atoms with Crippen molar-refractivity contribution >= 4 is 5.97 Å². The van der Waals surface area contributed by atoms with E-state index in [0.717, 1.165) is 12.8 Å². The quantitative estimate of drug-likeness (QED) is 0.0456. The SMILES string of the molecule is CCCCCCCCCCCCCCCCC(CCCCCCCCCC)COC(=O)C(CCCCCCCCCC)CCCCCCCCCCCC. The average molecular weight is 761 g/mol. The summed E-state index contributed by atoms with van der Waals surface area (Å²) in [5.74, 6) is 0.840. The lowest BCUT2D eigenvalue weighted by Gasteiger charge is -2.21. The molecule has 0 aliphatic heterocycles. The molecule has 0 aliphatic carbocycles. The molecule has 0 saturated carbocycles. The molecule has 0 saturated heterocycles. The summed E-state index contributed by atoms with van der Waals surface area (Å²) < 4.78 is 6.28. The normalized spacial score (nSPS) is 12.7. The zero-order valence-electron chi connectivity index (χ0n) is 38.3. The number of hydrogen-bond donors (Lipinski definition) is 0. The first-order chi connectivity index (χ1) is 26.7. The standard InChI is InChI=1S/C52H104O2/c1-5-9-13-17-21-25-27-28-29-30-31-34-38-42-46-50(45-41-37-33-23-19-15-11-7-3)49-54-52(53)51(47-43-39-35-24-20-16-12-8-4)48-44-40-36-32-26-22-18-14-10-6-2/h50-51H,5-49H2,1-4H3. The summed E-state index contributed by atoms with van der Waals surface area (Å²) in [6.45, 7) is 9.89. The maximum absolute atomic E-state index is 13.7. The van der Waals surface area contributed by atoms with E-state index in [-0.39, 0.29) is 11.9 Å². The zero-order valence-corrected chi connectivity index (χ0v) is 38.3. The first-order valence-corrected chi connectivity index (χ1v) is 25.9. The highest BCUT2D eigenvalue weighted by molar-refractivity contribution is 5.72. The third-order valence-electron chi connectivity index (χ3n) is 12.5. The molecule has 2 unspecified atom stereocenters. The van der Waals surface area contributed by atoms with Crippen LogP contribution in [0.1, 0.15) is 310 Å². The van der Waals surface area contributed by atoms with Gasteiger partial charge in [-0.05, 0) is 31.6 Å². The molecule has 0 amide bonds. The van der Waals surface area contributed by atoms with Gasteiger partial charge >= 0.3 is 5.97 Å². The molecule has 324 valence electrons. The zero-order chi connectivity index (χ0) is 39.3. The summed E-state index contributed by atoms with van der Waals surface area (Å²) >= 11 is 0. The van der Waals surface area contributed by atoms with Crippen molar-refractivity contribution in [3.8, 4) is 0 Å². The lowest BCUT2D eigenvalue weighted by Crippen LogP contribution is -2.22. The smallest absolute Gasteiger partial charge is 0.308 e. The Hall–Kier alpha value is -0.530. The van der Waals surface area contributed by atoms with Crippen LogP contribution in [0.2, 0.25) is 0 Å². The molecule has 0 bridgehead atoms. The topological polar surface area (TPSA) is 26.3 Å². The van der Waals surface area contributed by atoms with Crippen molar-refractivity contribution in [3.05, 3.63) is 0 Å². The van der Waals surface area contributed by atoms with Crippen LogP contribution in [0.15, 0.2) is 0 Å². The summed E-state index contributed by atoms with van der Waals surface area (Å²) in [5.41, 5.74) is 0. The van der Waals surface area contributed by atoms with E-state index in [0.29, 0.717) is 12.5 Å². The fourth-order valence-electron chi connectivity index (χ4n) is 8.61. The minimum absolute atomic E-state index is 0.129. The number of rotatable bonds is 47. The third-order valence-corrected chi connectivity index (χ3v) is 12.5. The summed E-state index contributed by atoms with van der Waals surface area (Å²) in [6, 6.07) is 0. The molecule has 2 heteroatoms. The second-order valence-electron chi connectivity index (χ2n) is 18.1. The number of esters is 1. The average Bonchev–Trinajstić information content (AvgIpc) is 3.18. The summed E-state index contributed by atoms with van der Waals surface area (Å²) in [4.78, 5) is 13.7. The molecule has 0 aliphatic rings. The molecule has 0 fully saturated rings. The largest absolute Gasteiger partial charge is 0.465 e. The Kier molecular flexibility index (Phi) is 46.4. The van der Waals surface area contributed by atoms with Gasteiger partial charge in [0, 0.05) is 0 Å². The molecule has 0 aromatic rings. The predicted octanol–water partition coefficient (Wildman–Crippen LogP) is 19.0. The van der Waals surface area contributed by atoms with Gasteiger partial charge in [-0.25, -0.2) is 0 Å². The second-order valence-corrected chi connectivity index (χ2v) is 18.1. The van der Waals surface area contributed by atoms with Gasteiger partial charge < -0.3 is 4.74 Å². The van der Waals surface area contributed by atoms with Gasteiger partial charge in [0.05, 0.1) is 12.5 Å². The van der Waals surface area contributed by atoms with E-state index in [2.05, 4.69) is 27.7 Å². The van der Waals surface area contributed by atoms with Crippen molar-refractivity contribution in [2.24, 2.45) is 11.8 Å². The molecule has 2 nitrogen and oxygen atoms in total. The van der Waals surface area contributed by atoms with Crippen molar-refractivity contribution in [1.82, 2.24) is 0 Å². The Balaban J connectivity index is 4.70. The van der Waals surface area contributed by atoms with Crippen molar-refractivity contribution in [2.75, 3.05) is 6.61 Å². The Morgan fingerprint density at radius 3 is 0.741 bits per heavy atom. The maximum atomic E-state index is 13.7. The van der Waals surface area contributed by atoms with E-state index >= 15 is 0 Å². The first kappa shape index (κ1) is 53.5. The Bertz CT molecular complexity index is 688. The number of unbranched alkanes of at least 4 members (excludes halogenated alkanes) is 36. The van der Waals surface area contributed by atoms with E-state index < -0.39 is 0 Å². The molecule has 0 N–H and O–H groups in total. The van der Waals surface area contributed by atoms with Crippen LogP contribution in [0.4, 0.5) is 0 Å². The number of carbonyl (C=O) groups excluding carboxylic acids is 1. The molecule has 0 aromatic carbocycles. The minimum Gasteiger partial charge on any atom is -0.465 e. The van der Waals surface area contributed by atoms with Gasteiger partial charge in [-0.3, -0.25) is 4.79 Å². The Morgan fingerprint density at radius 1 is 0.296 bits per heavy atom. The number of hydrogen-bond acceptors (Lipinski definition) is 2. The van der Waals surface area contributed by atoms with Crippen LogP contribution in [-0.4, -0.2) is 12.6 Å². The van der Waals surface area contributed by atoms with Crippen LogP contribution in [0, 0.1) is 11.8 Å². The van der Waals surface area contributed by atoms with Gasteiger partial charge in [0.15, 0.2) is 0 Å². The number of carbonyl (C=O) groups is 1. The predicted molar refractivity (Wildman–Crippen MR) is 244 cm³/mol. The highest BCUT2D eigenvalue weighted by Crippen LogP contribution is 2.24. The molecule has 0 radical (unpaired) electrons. The monoisotopic (exact) mass is 761 g/mol. The van der Waals surface area contributed by atoms with E-state index in [4.69, 9.17) is 4.74 Å². The van der Waals surface area contributed by atoms with Crippen LogP contribution < -0.4 is 0 Å². The molecule has 0 aromatic heterocycles. The fourth-order valence-corrected chi connectivity index (χ4v) is 8.61. The van der Waals surface area contributed by atoms with Gasteiger partial charge in [-0.15, -0.1) is 0 Å². The lowest BCUT2D eigenvalue weighted by atomic mass is 9.93. The highest BCUT2D eigenvalue weighted by Gasteiger charge is 2.21. The van der Waals surface area contributed by atoms with Gasteiger partial charge in [0.2, 0.25) is 0 Å². The van der Waals surface area contributed by atoms with E-state index in [1.165, 1.54) is 270 Å². The van der Waals surface area contributed by atoms with Crippen LogP contribution in [-0.2, 0) is 9.53 Å². The fraction of sp³-hybridized carbons (Fsp3) is 0.981. The van der Waals surface area contributed by atoms with Crippen LogP contribution in [0.5, 0.6) is 0 Å². The van der Waals surface area contributed by atoms with Crippen molar-refractivity contribution in [1.29, 1.82) is 0 Å². The summed E-state index contributed by atoms with van der Waals surface area (Å²) in [6.07, 6.45) is 59.7. The minimum atomic E-state index is 0.129. The Labute approximate surface area is 343 Å². The van der Waals surface area contributed by atoms with Crippen molar-refractivity contribution in [2.45, 2.75) is 310 Å². The highest BCUT2D eigenvalue weighted by atomic mass is 16.5. The van der Waals surface area contributed by atoms with Gasteiger partial charge in [0.25, 0.3) is 0 Å². The summed E-state index contributed by atoms with van der Waals surface area (Å²) in [5, 5.41) is 0. The van der Waals surface area contributed by atoms with Crippen molar-refractivity contribution in [3.63, 3.8) is 0 Å². The van der Waals surface area contributed by atoms with E-state index in [9.17, 15) is 4.79 Å². The lowest BCUT2D eigenvalue weighted by molar-refractivity contribution is -0.150. The molecule has 0 rings (SSSR count). The third kappa shape index (κ3) is 41.1. The van der Waals surface area contributed by atoms with E-state index in [1.807, 2.05) is 0 Å². The molecular formula is C52H104O2.